The number of rotatable bonds is 6. The van der Waals surface area contributed by atoms with Gasteiger partial charge in [0.2, 0.25) is 0 Å². The van der Waals surface area contributed by atoms with E-state index in [2.05, 4.69) is 42.2 Å². The fourth-order valence-electron chi connectivity index (χ4n) is 2.08. The molecule has 1 aromatic heterocycles. The standard InChI is InChI=1S/C13H24N2O/c1-11(16)7-13(2,3)10-14-8-12-5-6-15(4)9-12/h5-6,9,11,14,16H,7-8,10H2,1-4H3. The lowest BCUT2D eigenvalue weighted by atomic mass is 9.87. The van der Waals surface area contributed by atoms with Gasteiger partial charge in [0.15, 0.2) is 0 Å². The zero-order valence-electron chi connectivity index (χ0n) is 10.8. The molecule has 3 nitrogen and oxygen atoms in total. The fraction of sp³-hybridized carbons (Fsp3) is 0.692. The molecule has 1 heterocycles. The molecule has 3 heteroatoms. The van der Waals surface area contributed by atoms with Crippen molar-refractivity contribution in [1.29, 1.82) is 0 Å². The van der Waals surface area contributed by atoms with E-state index in [0.29, 0.717) is 0 Å². The van der Waals surface area contributed by atoms with Crippen LogP contribution >= 0.6 is 0 Å². The van der Waals surface area contributed by atoms with Crippen molar-refractivity contribution in [3.8, 4) is 0 Å². The molecule has 0 aromatic carbocycles. The highest BCUT2D eigenvalue weighted by molar-refractivity contribution is 5.09. The number of hydrogen-bond acceptors (Lipinski definition) is 2. The predicted molar refractivity (Wildman–Crippen MR) is 67.2 cm³/mol. The van der Waals surface area contributed by atoms with E-state index in [-0.39, 0.29) is 11.5 Å². The summed E-state index contributed by atoms with van der Waals surface area (Å²) >= 11 is 0. The zero-order valence-corrected chi connectivity index (χ0v) is 10.8. The summed E-state index contributed by atoms with van der Waals surface area (Å²) in [6.07, 6.45) is 4.77. The second-order valence-electron chi connectivity index (χ2n) is 5.51. The average Bonchev–Trinajstić information content (AvgIpc) is 2.48. The highest BCUT2D eigenvalue weighted by Gasteiger charge is 2.19. The summed E-state index contributed by atoms with van der Waals surface area (Å²) in [7, 11) is 2.03. The van der Waals surface area contributed by atoms with Gasteiger partial charge in [-0.3, -0.25) is 0 Å². The summed E-state index contributed by atoms with van der Waals surface area (Å²) < 4.78 is 2.05. The fourth-order valence-corrected chi connectivity index (χ4v) is 2.08. The van der Waals surface area contributed by atoms with E-state index in [1.807, 2.05) is 14.0 Å². The van der Waals surface area contributed by atoms with Crippen LogP contribution in [0.1, 0.15) is 32.8 Å². The van der Waals surface area contributed by atoms with Crippen molar-refractivity contribution in [2.24, 2.45) is 12.5 Å². The number of aryl methyl sites for hydroxylation is 1. The molecule has 0 aliphatic rings. The quantitative estimate of drug-likeness (QED) is 0.774. The van der Waals surface area contributed by atoms with Crippen LogP contribution in [0.3, 0.4) is 0 Å². The molecule has 0 bridgehead atoms. The number of aliphatic hydroxyl groups excluding tert-OH is 1. The highest BCUT2D eigenvalue weighted by Crippen LogP contribution is 2.21. The summed E-state index contributed by atoms with van der Waals surface area (Å²) in [5.41, 5.74) is 1.44. The first-order valence-electron chi connectivity index (χ1n) is 5.89. The molecule has 2 N–H and O–H groups in total. The molecule has 0 saturated heterocycles. The minimum Gasteiger partial charge on any atom is -0.393 e. The molecular formula is C13H24N2O. The maximum Gasteiger partial charge on any atom is 0.0517 e. The number of nitrogens with one attached hydrogen (secondary N) is 1. The molecule has 1 atom stereocenters. The Labute approximate surface area is 98.5 Å². The third kappa shape index (κ3) is 4.81. The van der Waals surface area contributed by atoms with Gasteiger partial charge in [-0.1, -0.05) is 13.8 Å². The van der Waals surface area contributed by atoms with Crippen molar-refractivity contribution in [1.82, 2.24) is 9.88 Å². The molecule has 1 aromatic rings. The van der Waals surface area contributed by atoms with E-state index in [9.17, 15) is 5.11 Å². The Bertz CT molecular complexity index is 315. The van der Waals surface area contributed by atoms with E-state index >= 15 is 0 Å². The van der Waals surface area contributed by atoms with Gasteiger partial charge in [-0.2, -0.15) is 0 Å². The third-order valence-electron chi connectivity index (χ3n) is 2.67. The zero-order chi connectivity index (χ0) is 12.2. The summed E-state index contributed by atoms with van der Waals surface area (Å²) in [4.78, 5) is 0. The Hall–Kier alpha value is -0.800. The van der Waals surface area contributed by atoms with Gasteiger partial charge in [0, 0.05) is 32.5 Å². The van der Waals surface area contributed by atoms with Crippen molar-refractivity contribution < 1.29 is 5.11 Å². The molecule has 1 unspecified atom stereocenters. The largest absolute Gasteiger partial charge is 0.393 e. The van der Waals surface area contributed by atoms with E-state index < -0.39 is 0 Å². The Morgan fingerprint density at radius 3 is 2.69 bits per heavy atom. The summed E-state index contributed by atoms with van der Waals surface area (Å²) in [5.74, 6) is 0. The maximum absolute atomic E-state index is 9.38. The third-order valence-corrected chi connectivity index (χ3v) is 2.67. The van der Waals surface area contributed by atoms with Crippen LogP contribution in [0.15, 0.2) is 18.5 Å². The van der Waals surface area contributed by atoms with Gasteiger partial charge in [-0.15, -0.1) is 0 Å². The molecule has 0 saturated carbocycles. The van der Waals surface area contributed by atoms with Crippen LogP contribution in [0.5, 0.6) is 0 Å². The first-order valence-corrected chi connectivity index (χ1v) is 5.89. The van der Waals surface area contributed by atoms with Crippen molar-refractivity contribution in [2.75, 3.05) is 6.54 Å². The number of aromatic nitrogens is 1. The van der Waals surface area contributed by atoms with Crippen LogP contribution < -0.4 is 5.32 Å². The first kappa shape index (κ1) is 13.3. The molecule has 0 amide bonds. The van der Waals surface area contributed by atoms with Crippen LogP contribution in [0.4, 0.5) is 0 Å². The van der Waals surface area contributed by atoms with Crippen LogP contribution in [-0.4, -0.2) is 22.3 Å². The van der Waals surface area contributed by atoms with Crippen LogP contribution in [0, 0.1) is 5.41 Å². The van der Waals surface area contributed by atoms with Crippen molar-refractivity contribution in [3.63, 3.8) is 0 Å². The first-order chi connectivity index (χ1) is 7.39. The number of nitrogens with zero attached hydrogens (tertiary/aromatic N) is 1. The summed E-state index contributed by atoms with van der Waals surface area (Å²) in [5, 5.41) is 12.8. The molecule has 0 fully saturated rings. The van der Waals surface area contributed by atoms with Gasteiger partial charge in [0.05, 0.1) is 6.10 Å². The molecule has 1 rings (SSSR count). The van der Waals surface area contributed by atoms with Gasteiger partial charge in [-0.05, 0) is 30.4 Å². The van der Waals surface area contributed by atoms with Crippen molar-refractivity contribution in [3.05, 3.63) is 24.0 Å². The van der Waals surface area contributed by atoms with Gasteiger partial charge < -0.3 is 15.0 Å². The predicted octanol–water partition coefficient (Wildman–Crippen LogP) is 1.91. The molecule has 92 valence electrons. The lowest BCUT2D eigenvalue weighted by Crippen LogP contribution is -2.31. The molecule has 16 heavy (non-hydrogen) atoms. The number of hydrogen-bond donors (Lipinski definition) is 2. The minimum atomic E-state index is -0.228. The Kier molecular flexibility index (Phi) is 4.56. The van der Waals surface area contributed by atoms with Gasteiger partial charge in [0.1, 0.15) is 0 Å². The maximum atomic E-state index is 9.38. The molecule has 0 aliphatic heterocycles. The van der Waals surface area contributed by atoms with Crippen molar-refractivity contribution in [2.45, 2.75) is 39.8 Å². The summed E-state index contributed by atoms with van der Waals surface area (Å²) in [6.45, 7) is 8.02. The molecule has 0 radical (unpaired) electrons. The highest BCUT2D eigenvalue weighted by atomic mass is 16.3. The molecular weight excluding hydrogens is 200 g/mol. The second-order valence-corrected chi connectivity index (χ2v) is 5.51. The lowest BCUT2D eigenvalue weighted by molar-refractivity contribution is 0.128. The summed E-state index contributed by atoms with van der Waals surface area (Å²) in [6, 6.07) is 2.12. The number of aliphatic hydroxyl groups is 1. The second kappa shape index (κ2) is 5.51. The topological polar surface area (TPSA) is 37.2 Å². The Morgan fingerprint density at radius 1 is 1.50 bits per heavy atom. The van der Waals surface area contributed by atoms with Crippen LogP contribution in [0.25, 0.3) is 0 Å². The van der Waals surface area contributed by atoms with Gasteiger partial charge in [0.25, 0.3) is 0 Å². The van der Waals surface area contributed by atoms with Gasteiger partial charge in [-0.25, -0.2) is 0 Å². The molecule has 0 spiro atoms. The smallest absolute Gasteiger partial charge is 0.0517 e. The van der Waals surface area contributed by atoms with E-state index in [1.54, 1.807) is 0 Å². The molecule has 0 aliphatic carbocycles. The van der Waals surface area contributed by atoms with Crippen LogP contribution in [-0.2, 0) is 13.6 Å². The van der Waals surface area contributed by atoms with Gasteiger partial charge >= 0.3 is 0 Å². The van der Waals surface area contributed by atoms with E-state index in [0.717, 1.165) is 19.5 Å². The minimum absolute atomic E-state index is 0.142. The Morgan fingerprint density at radius 2 is 2.19 bits per heavy atom. The monoisotopic (exact) mass is 224 g/mol. The average molecular weight is 224 g/mol. The van der Waals surface area contributed by atoms with E-state index in [4.69, 9.17) is 0 Å². The SMILES string of the molecule is CC(O)CC(C)(C)CNCc1ccn(C)c1. The normalized spacial score (nSPS) is 14.1. The van der Waals surface area contributed by atoms with Crippen molar-refractivity contribution >= 4 is 0 Å². The lowest BCUT2D eigenvalue weighted by Gasteiger charge is -2.26. The van der Waals surface area contributed by atoms with Crippen LogP contribution in [0.2, 0.25) is 0 Å². The van der Waals surface area contributed by atoms with E-state index in [1.165, 1.54) is 5.56 Å². The Balaban J connectivity index is 2.29.